The van der Waals surface area contributed by atoms with E-state index >= 15 is 0 Å². The van der Waals surface area contributed by atoms with Gasteiger partial charge in [-0.25, -0.2) is 0 Å². The fraction of sp³-hybridized carbons (Fsp3) is 0.615. The SMILES string of the molecule is Cn1cccc1C(=O)N1CCN(CCCF)CC1. The summed E-state index contributed by atoms with van der Waals surface area (Å²) in [4.78, 5) is 16.3. The van der Waals surface area contributed by atoms with Gasteiger partial charge in [0.25, 0.3) is 5.91 Å². The molecule has 2 rings (SSSR count). The van der Waals surface area contributed by atoms with E-state index in [1.165, 1.54) is 0 Å². The highest BCUT2D eigenvalue weighted by Gasteiger charge is 2.22. The Morgan fingerprint density at radius 3 is 2.61 bits per heavy atom. The first-order valence-electron chi connectivity index (χ1n) is 6.41. The Labute approximate surface area is 107 Å². The lowest BCUT2D eigenvalue weighted by Gasteiger charge is -2.34. The number of aryl methyl sites for hydroxylation is 1. The van der Waals surface area contributed by atoms with Crippen LogP contribution >= 0.6 is 0 Å². The van der Waals surface area contributed by atoms with Gasteiger partial charge in [0.05, 0.1) is 6.67 Å². The maximum atomic E-state index is 12.2. The van der Waals surface area contributed by atoms with Crippen LogP contribution in [-0.4, -0.2) is 59.7 Å². The van der Waals surface area contributed by atoms with E-state index in [1.807, 2.05) is 34.8 Å². The Kier molecular flexibility index (Phi) is 4.36. The molecule has 100 valence electrons. The van der Waals surface area contributed by atoms with Gasteiger partial charge in [0, 0.05) is 46.0 Å². The van der Waals surface area contributed by atoms with Gasteiger partial charge in [-0.2, -0.15) is 0 Å². The number of carbonyl (C=O) groups excluding carboxylic acids is 1. The fourth-order valence-electron chi connectivity index (χ4n) is 2.30. The van der Waals surface area contributed by atoms with Gasteiger partial charge in [-0.05, 0) is 18.6 Å². The van der Waals surface area contributed by atoms with Gasteiger partial charge >= 0.3 is 0 Å². The highest BCUT2D eigenvalue weighted by Crippen LogP contribution is 2.09. The Hall–Kier alpha value is -1.36. The van der Waals surface area contributed by atoms with Gasteiger partial charge in [0.15, 0.2) is 0 Å². The summed E-state index contributed by atoms with van der Waals surface area (Å²) in [6.45, 7) is 3.68. The molecule has 1 amide bonds. The summed E-state index contributed by atoms with van der Waals surface area (Å²) >= 11 is 0. The number of rotatable bonds is 4. The number of carbonyl (C=O) groups is 1. The van der Waals surface area contributed by atoms with Gasteiger partial charge in [0.1, 0.15) is 5.69 Å². The summed E-state index contributed by atoms with van der Waals surface area (Å²) in [7, 11) is 1.88. The number of hydrogen-bond donors (Lipinski definition) is 0. The van der Waals surface area contributed by atoms with Gasteiger partial charge in [-0.15, -0.1) is 0 Å². The molecule has 1 aliphatic heterocycles. The van der Waals surface area contributed by atoms with Crippen LogP contribution in [0, 0.1) is 0 Å². The van der Waals surface area contributed by atoms with E-state index in [1.54, 1.807) is 0 Å². The monoisotopic (exact) mass is 253 g/mol. The van der Waals surface area contributed by atoms with E-state index < -0.39 is 0 Å². The zero-order valence-corrected chi connectivity index (χ0v) is 10.8. The van der Waals surface area contributed by atoms with Crippen LogP contribution in [-0.2, 0) is 7.05 Å². The molecular weight excluding hydrogens is 233 g/mol. The molecule has 0 radical (unpaired) electrons. The van der Waals surface area contributed by atoms with Gasteiger partial charge in [-0.1, -0.05) is 0 Å². The predicted octanol–water partition coefficient (Wildman–Crippen LogP) is 1.14. The Morgan fingerprint density at radius 2 is 2.06 bits per heavy atom. The van der Waals surface area contributed by atoms with Gasteiger partial charge in [-0.3, -0.25) is 14.1 Å². The molecule has 0 saturated carbocycles. The van der Waals surface area contributed by atoms with Crippen molar-refractivity contribution in [3.63, 3.8) is 0 Å². The third kappa shape index (κ3) is 2.90. The van der Waals surface area contributed by atoms with Crippen molar-refractivity contribution in [3.8, 4) is 0 Å². The number of aromatic nitrogens is 1. The van der Waals surface area contributed by atoms with Crippen LogP contribution in [0.5, 0.6) is 0 Å². The zero-order chi connectivity index (χ0) is 13.0. The molecule has 18 heavy (non-hydrogen) atoms. The van der Waals surface area contributed by atoms with E-state index in [9.17, 15) is 9.18 Å². The first kappa shape index (κ1) is 13.1. The quantitative estimate of drug-likeness (QED) is 0.805. The lowest BCUT2D eigenvalue weighted by atomic mass is 10.2. The molecule has 2 heterocycles. The Bertz CT molecular complexity index is 397. The maximum Gasteiger partial charge on any atom is 0.270 e. The minimum Gasteiger partial charge on any atom is -0.347 e. The number of hydrogen-bond acceptors (Lipinski definition) is 2. The number of amides is 1. The normalized spacial score (nSPS) is 17.1. The number of piperazine rings is 1. The standard InChI is InChI=1S/C13H20FN3O/c1-15-6-2-4-12(15)13(18)17-10-8-16(9-11-17)7-3-5-14/h2,4,6H,3,5,7-11H2,1H3. The lowest BCUT2D eigenvalue weighted by Crippen LogP contribution is -2.49. The molecule has 0 aromatic carbocycles. The number of nitrogens with zero attached hydrogens (tertiary/aromatic N) is 3. The molecule has 1 aliphatic rings. The van der Waals surface area contributed by atoms with Crippen molar-refractivity contribution in [2.75, 3.05) is 39.4 Å². The van der Waals surface area contributed by atoms with Crippen LogP contribution in [0.3, 0.4) is 0 Å². The topological polar surface area (TPSA) is 28.5 Å². The highest BCUT2D eigenvalue weighted by atomic mass is 19.1. The average molecular weight is 253 g/mol. The predicted molar refractivity (Wildman–Crippen MR) is 68.3 cm³/mol. The molecule has 1 aromatic heterocycles. The average Bonchev–Trinajstić information content (AvgIpc) is 2.82. The summed E-state index contributed by atoms with van der Waals surface area (Å²) in [6.07, 6.45) is 2.47. The first-order valence-corrected chi connectivity index (χ1v) is 6.41. The van der Waals surface area contributed by atoms with Crippen molar-refractivity contribution in [2.24, 2.45) is 7.05 Å². The molecule has 1 saturated heterocycles. The van der Waals surface area contributed by atoms with E-state index in [0.29, 0.717) is 6.42 Å². The van der Waals surface area contributed by atoms with Crippen molar-refractivity contribution >= 4 is 5.91 Å². The molecule has 5 heteroatoms. The molecule has 0 bridgehead atoms. The second-order valence-electron chi connectivity index (χ2n) is 4.68. The summed E-state index contributed by atoms with van der Waals surface area (Å²) in [5.41, 5.74) is 0.729. The zero-order valence-electron chi connectivity index (χ0n) is 10.8. The van der Waals surface area contributed by atoms with E-state index in [-0.39, 0.29) is 12.6 Å². The molecule has 1 aromatic rings. The number of alkyl halides is 1. The molecule has 0 aliphatic carbocycles. The van der Waals surface area contributed by atoms with E-state index in [2.05, 4.69) is 4.90 Å². The minimum absolute atomic E-state index is 0.0904. The van der Waals surface area contributed by atoms with Gasteiger partial charge in [0.2, 0.25) is 0 Å². The molecular formula is C13H20FN3O. The van der Waals surface area contributed by atoms with Crippen molar-refractivity contribution in [1.82, 2.24) is 14.4 Å². The van der Waals surface area contributed by atoms with Crippen molar-refractivity contribution < 1.29 is 9.18 Å². The molecule has 0 N–H and O–H groups in total. The summed E-state index contributed by atoms with van der Waals surface area (Å²) in [5, 5.41) is 0. The molecule has 0 spiro atoms. The maximum absolute atomic E-state index is 12.2. The molecule has 1 fully saturated rings. The van der Waals surface area contributed by atoms with Crippen molar-refractivity contribution in [2.45, 2.75) is 6.42 Å². The number of halogens is 1. The Balaban J connectivity index is 1.86. The third-order valence-corrected chi connectivity index (χ3v) is 3.43. The van der Waals surface area contributed by atoms with E-state index in [0.717, 1.165) is 38.4 Å². The highest BCUT2D eigenvalue weighted by molar-refractivity contribution is 5.92. The van der Waals surface area contributed by atoms with Crippen LogP contribution in [0.25, 0.3) is 0 Å². The minimum atomic E-state index is -0.261. The van der Waals surface area contributed by atoms with Crippen LogP contribution < -0.4 is 0 Å². The van der Waals surface area contributed by atoms with Crippen LogP contribution in [0.4, 0.5) is 4.39 Å². The second-order valence-corrected chi connectivity index (χ2v) is 4.68. The Morgan fingerprint density at radius 1 is 1.33 bits per heavy atom. The first-order chi connectivity index (χ1) is 8.72. The third-order valence-electron chi connectivity index (χ3n) is 3.43. The van der Waals surface area contributed by atoms with Crippen LogP contribution in [0.2, 0.25) is 0 Å². The van der Waals surface area contributed by atoms with E-state index in [4.69, 9.17) is 0 Å². The van der Waals surface area contributed by atoms with Crippen LogP contribution in [0.1, 0.15) is 16.9 Å². The largest absolute Gasteiger partial charge is 0.347 e. The van der Waals surface area contributed by atoms with Crippen LogP contribution in [0.15, 0.2) is 18.3 Å². The van der Waals surface area contributed by atoms with Gasteiger partial charge < -0.3 is 9.47 Å². The summed E-state index contributed by atoms with van der Waals surface area (Å²) < 4.78 is 13.9. The molecule has 0 atom stereocenters. The molecule has 0 unspecified atom stereocenters. The van der Waals surface area contributed by atoms with Crippen molar-refractivity contribution in [1.29, 1.82) is 0 Å². The lowest BCUT2D eigenvalue weighted by molar-refractivity contribution is 0.0624. The van der Waals surface area contributed by atoms with Crippen molar-refractivity contribution in [3.05, 3.63) is 24.0 Å². The smallest absolute Gasteiger partial charge is 0.270 e. The summed E-state index contributed by atoms with van der Waals surface area (Å²) in [5.74, 6) is 0.0904. The molecule has 4 nitrogen and oxygen atoms in total. The summed E-state index contributed by atoms with van der Waals surface area (Å²) in [6, 6.07) is 3.72. The second kappa shape index (κ2) is 6.00. The fourth-order valence-corrected chi connectivity index (χ4v) is 2.30.